The number of anilines is 1. The van der Waals surface area contributed by atoms with Gasteiger partial charge in [-0.1, -0.05) is 73.3 Å². The predicted molar refractivity (Wildman–Crippen MR) is 204 cm³/mol. The van der Waals surface area contributed by atoms with Gasteiger partial charge in [0.25, 0.3) is 0 Å². The summed E-state index contributed by atoms with van der Waals surface area (Å²) in [6.45, 7) is 10.7. The Hall–Kier alpha value is -5.45. The van der Waals surface area contributed by atoms with Crippen molar-refractivity contribution in [1.82, 2.24) is 9.80 Å². The van der Waals surface area contributed by atoms with Crippen molar-refractivity contribution < 1.29 is 36.3 Å². The fraction of sp³-hybridized carbons (Fsp3) is 0.318. The number of hydrogen-bond acceptors (Lipinski definition) is 4. The summed E-state index contributed by atoms with van der Waals surface area (Å²) in [7, 11) is 0. The molecule has 2 aliphatic rings. The molecule has 2 amide bonds. The summed E-state index contributed by atoms with van der Waals surface area (Å²) in [6, 6.07) is 23.8. The zero-order chi connectivity index (χ0) is 39.5. The molecule has 4 aromatic carbocycles. The van der Waals surface area contributed by atoms with E-state index in [9.17, 15) is 31.5 Å². The largest absolute Gasteiger partial charge is 0.444 e. The number of amides is 2. The molecule has 1 fully saturated rings. The monoisotopic (exact) mass is 757 g/mol. The number of piperidine rings is 1. The zero-order valence-corrected chi connectivity index (χ0v) is 31.1. The molecule has 0 aliphatic carbocycles. The van der Waals surface area contributed by atoms with E-state index in [0.29, 0.717) is 37.9 Å². The zero-order valence-electron chi connectivity index (χ0n) is 31.1. The fourth-order valence-corrected chi connectivity index (χ4v) is 7.07. The van der Waals surface area contributed by atoms with Crippen LogP contribution in [0.25, 0.3) is 16.7 Å². The summed E-state index contributed by atoms with van der Waals surface area (Å²) in [5.74, 6) is -1.99. The molecule has 0 N–H and O–H groups in total. The van der Waals surface area contributed by atoms with Gasteiger partial charge in [0.05, 0.1) is 5.56 Å². The summed E-state index contributed by atoms with van der Waals surface area (Å²) >= 11 is 0. The fourth-order valence-electron chi connectivity index (χ4n) is 7.07. The average Bonchev–Trinajstić information content (AvgIpc) is 3.15. The minimum atomic E-state index is -4.43. The van der Waals surface area contributed by atoms with Crippen LogP contribution in [0.5, 0.6) is 0 Å². The summed E-state index contributed by atoms with van der Waals surface area (Å²) in [6.07, 6.45) is -1.39. The molecule has 0 unspecified atom stereocenters. The van der Waals surface area contributed by atoms with Crippen LogP contribution in [0.1, 0.15) is 62.3 Å². The Morgan fingerprint density at radius 3 is 2.11 bits per heavy atom. The molecule has 2 aliphatic heterocycles. The number of aryl methyl sites for hydroxylation is 1. The van der Waals surface area contributed by atoms with E-state index >= 15 is 0 Å². The van der Waals surface area contributed by atoms with Crippen molar-refractivity contribution in [2.45, 2.75) is 70.8 Å². The number of rotatable bonds is 9. The second-order valence-electron chi connectivity index (χ2n) is 15.0. The minimum Gasteiger partial charge on any atom is -0.444 e. The first-order valence-corrected chi connectivity index (χ1v) is 18.3. The van der Waals surface area contributed by atoms with E-state index in [4.69, 9.17) is 4.74 Å². The summed E-state index contributed by atoms with van der Waals surface area (Å²) in [5, 5.41) is 0. The second-order valence-corrected chi connectivity index (χ2v) is 15.0. The lowest BCUT2D eigenvalue weighted by atomic mass is 9.95. The van der Waals surface area contributed by atoms with E-state index in [-0.39, 0.29) is 37.0 Å². The molecular weight excluding hydrogens is 713 g/mol. The number of fused-ring (bicyclic) bond motifs is 1. The Balaban J connectivity index is 1.26. The number of carbonyl (C=O) groups excluding carboxylic acids is 2. The predicted octanol–water partition coefficient (Wildman–Crippen LogP) is 10.4. The van der Waals surface area contributed by atoms with Crippen LogP contribution in [0.3, 0.4) is 0 Å². The maximum atomic E-state index is 14.7. The maximum Gasteiger partial charge on any atom is 0.416 e. The number of nitrogens with zero attached hydrogens (tertiary/aromatic N) is 3. The van der Waals surface area contributed by atoms with Gasteiger partial charge in [-0.25, -0.2) is 13.6 Å². The molecule has 2 heterocycles. The summed E-state index contributed by atoms with van der Waals surface area (Å²) in [5.41, 5.74) is 4.16. The van der Waals surface area contributed by atoms with E-state index in [0.717, 1.165) is 51.8 Å². The van der Waals surface area contributed by atoms with Crippen LogP contribution >= 0.6 is 0 Å². The van der Waals surface area contributed by atoms with E-state index < -0.39 is 35.1 Å². The number of benzene rings is 4. The number of allylic oxidation sites excluding steroid dienone is 3. The van der Waals surface area contributed by atoms with Gasteiger partial charge in [0.15, 0.2) is 11.6 Å². The molecule has 4 aromatic rings. The van der Waals surface area contributed by atoms with Crippen molar-refractivity contribution in [3.63, 3.8) is 0 Å². The minimum absolute atomic E-state index is 0.0440. The molecule has 0 bridgehead atoms. The van der Waals surface area contributed by atoms with Gasteiger partial charge < -0.3 is 19.4 Å². The third kappa shape index (κ3) is 9.44. The first kappa shape index (κ1) is 39.2. The van der Waals surface area contributed by atoms with Gasteiger partial charge in [0.2, 0.25) is 5.91 Å². The van der Waals surface area contributed by atoms with Crippen LogP contribution in [0.4, 0.5) is 32.4 Å². The van der Waals surface area contributed by atoms with Gasteiger partial charge in [-0.2, -0.15) is 13.2 Å². The SMILES string of the molecule is C=C1C=C(CCc2cccc(F)c2F)N(CC(=O)N(Cc2ccc(-c3ccc(C(F)(F)F)cc3)cc2)C2CCN(C(=O)OC(C)(C)C)CC2)c2ccccc21. The first-order valence-electron chi connectivity index (χ1n) is 18.3. The van der Waals surface area contributed by atoms with Crippen molar-refractivity contribution in [2.24, 2.45) is 0 Å². The average molecular weight is 758 g/mol. The van der Waals surface area contributed by atoms with Crippen LogP contribution in [-0.4, -0.2) is 53.1 Å². The number of ether oxygens (including phenoxy) is 1. The molecule has 0 spiro atoms. The number of likely N-dealkylation sites (tertiary alicyclic amines) is 1. The maximum absolute atomic E-state index is 14.7. The quantitative estimate of drug-likeness (QED) is 0.160. The van der Waals surface area contributed by atoms with E-state index in [2.05, 4.69) is 6.58 Å². The third-order valence-corrected chi connectivity index (χ3v) is 9.93. The lowest BCUT2D eigenvalue weighted by molar-refractivity contribution is -0.137. The van der Waals surface area contributed by atoms with Crippen molar-refractivity contribution in [2.75, 3.05) is 24.5 Å². The van der Waals surface area contributed by atoms with Crippen molar-refractivity contribution in [3.05, 3.63) is 143 Å². The Labute approximate surface area is 318 Å². The van der Waals surface area contributed by atoms with Crippen LogP contribution in [0, 0.1) is 11.6 Å². The normalized spacial score (nSPS) is 15.1. The number of alkyl halides is 3. The van der Waals surface area contributed by atoms with Crippen molar-refractivity contribution >= 4 is 23.3 Å². The Bertz CT molecular complexity index is 2060. The Morgan fingerprint density at radius 2 is 1.47 bits per heavy atom. The lowest BCUT2D eigenvalue weighted by Gasteiger charge is -2.40. The summed E-state index contributed by atoms with van der Waals surface area (Å²) in [4.78, 5) is 32.9. The topological polar surface area (TPSA) is 53.1 Å². The smallest absolute Gasteiger partial charge is 0.416 e. The molecule has 0 saturated carbocycles. The van der Waals surface area contributed by atoms with Gasteiger partial charge in [0, 0.05) is 42.6 Å². The molecule has 6 nitrogen and oxygen atoms in total. The highest BCUT2D eigenvalue weighted by Crippen LogP contribution is 2.37. The molecule has 1 saturated heterocycles. The van der Waals surface area contributed by atoms with Crippen LogP contribution in [0.2, 0.25) is 0 Å². The van der Waals surface area contributed by atoms with Crippen molar-refractivity contribution in [3.8, 4) is 11.1 Å². The molecule has 0 atom stereocenters. The Kier molecular flexibility index (Phi) is 11.5. The molecule has 0 aromatic heterocycles. The Morgan fingerprint density at radius 1 is 0.836 bits per heavy atom. The highest BCUT2D eigenvalue weighted by Gasteiger charge is 2.34. The van der Waals surface area contributed by atoms with Gasteiger partial charge in [0.1, 0.15) is 12.1 Å². The molecule has 55 heavy (non-hydrogen) atoms. The van der Waals surface area contributed by atoms with E-state index in [1.165, 1.54) is 18.2 Å². The third-order valence-electron chi connectivity index (χ3n) is 9.93. The van der Waals surface area contributed by atoms with Crippen LogP contribution < -0.4 is 4.90 Å². The van der Waals surface area contributed by atoms with E-state index in [1.807, 2.05) is 85.2 Å². The number of hydrogen-bond donors (Lipinski definition) is 0. The molecule has 6 rings (SSSR count). The first-order chi connectivity index (χ1) is 26.1. The lowest BCUT2D eigenvalue weighted by Crippen LogP contribution is -2.51. The second kappa shape index (κ2) is 16.1. The number of para-hydroxylation sites is 1. The molecule has 11 heteroatoms. The molecule has 0 radical (unpaired) electrons. The molecular formula is C44H44F5N3O3. The van der Waals surface area contributed by atoms with Crippen LogP contribution in [-0.2, 0) is 28.7 Å². The highest BCUT2D eigenvalue weighted by atomic mass is 19.4. The summed E-state index contributed by atoms with van der Waals surface area (Å²) < 4.78 is 73.8. The van der Waals surface area contributed by atoms with Gasteiger partial charge in [-0.15, -0.1) is 0 Å². The highest BCUT2D eigenvalue weighted by molar-refractivity contribution is 5.90. The number of carbonyl (C=O) groups is 2. The van der Waals surface area contributed by atoms with Crippen molar-refractivity contribution in [1.29, 1.82) is 0 Å². The van der Waals surface area contributed by atoms with E-state index in [1.54, 1.807) is 11.0 Å². The van der Waals surface area contributed by atoms with Crippen LogP contribution in [0.15, 0.2) is 109 Å². The standard InChI is InChI=1S/C44H44F5N3O3/c1-29-26-36(21-18-33-8-7-10-38(45)41(33)46)51(39-11-6-5-9-37(29)39)28-40(53)52(35-22-24-50(25-23-35)42(54)55-43(2,3)4)27-30-12-14-31(15-13-30)32-16-19-34(20-17-32)44(47,48)49/h5-17,19-20,26,35H,1,18,21-25,27-28H2,2-4H3. The van der Waals surface area contributed by atoms with Gasteiger partial charge >= 0.3 is 12.3 Å². The van der Waals surface area contributed by atoms with Gasteiger partial charge in [-0.3, -0.25) is 4.79 Å². The van der Waals surface area contributed by atoms with Gasteiger partial charge in [-0.05, 0) is 105 Å². The molecule has 288 valence electrons. The number of halogens is 5.